The summed E-state index contributed by atoms with van der Waals surface area (Å²) in [6, 6.07) is 0. The topological polar surface area (TPSA) is 54.0 Å². The Bertz CT molecular complexity index is 344. The fourth-order valence-electron chi connectivity index (χ4n) is 1.88. The van der Waals surface area contributed by atoms with E-state index in [9.17, 15) is 4.79 Å². The monoisotopic (exact) mass is 374 g/mol. The predicted octanol–water partition coefficient (Wildman–Crippen LogP) is 5.16. The number of hydrogen-bond donors (Lipinski definition) is 0. The van der Waals surface area contributed by atoms with Crippen LogP contribution in [0.1, 0.15) is 86.0 Å². The molecule has 0 aromatic heterocycles. The molecule has 0 bridgehead atoms. The smallest absolute Gasteiger partial charge is 0.448 e. The third-order valence-electron chi connectivity index (χ3n) is 3.61. The Balaban J connectivity index is 5.12. The summed E-state index contributed by atoms with van der Waals surface area (Å²) in [5.41, 5.74) is 0.580. The van der Waals surface area contributed by atoms with Crippen LogP contribution in [0.2, 0.25) is 0 Å². The van der Waals surface area contributed by atoms with Crippen molar-refractivity contribution in [3.63, 3.8) is 0 Å². The zero-order chi connectivity index (χ0) is 19.0. The van der Waals surface area contributed by atoms with Crippen molar-refractivity contribution in [2.24, 2.45) is 0 Å². The molecule has 0 fully saturated rings. The lowest BCUT2D eigenvalue weighted by atomic mass is 10.2. The minimum absolute atomic E-state index is 0.399. The molecule has 0 aromatic rings. The van der Waals surface area contributed by atoms with Crippen molar-refractivity contribution < 1.29 is 22.5 Å². The van der Waals surface area contributed by atoms with Gasteiger partial charge in [-0.1, -0.05) is 59.5 Å². The second kappa shape index (κ2) is 15.6. The molecule has 0 saturated carbocycles. The third kappa shape index (κ3) is 11.5. The van der Waals surface area contributed by atoms with E-state index in [2.05, 4.69) is 27.7 Å². The zero-order valence-corrected chi connectivity index (χ0v) is 17.9. The molecule has 0 aromatic carbocycles. The van der Waals surface area contributed by atoms with Crippen LogP contribution in [0.15, 0.2) is 11.6 Å². The predicted molar refractivity (Wildman–Crippen MR) is 103 cm³/mol. The Morgan fingerprint density at radius 3 is 1.60 bits per heavy atom. The molecule has 0 aliphatic rings. The van der Waals surface area contributed by atoms with E-state index in [-0.39, 0.29) is 0 Å². The Kier molecular flexibility index (Phi) is 15.1. The van der Waals surface area contributed by atoms with Crippen LogP contribution in [0.5, 0.6) is 0 Å². The molecule has 148 valence electrons. The van der Waals surface area contributed by atoms with Gasteiger partial charge in [-0.3, -0.25) is 0 Å². The SMILES string of the molecule is CCCC=C(C)C(=O)O[Si](OCCCC)(OCCCC)OCCCC. The summed E-state index contributed by atoms with van der Waals surface area (Å²) in [5.74, 6) is -0.399. The van der Waals surface area contributed by atoms with Crippen LogP contribution in [0.3, 0.4) is 0 Å². The summed E-state index contributed by atoms with van der Waals surface area (Å²) in [7, 11) is -3.46. The maximum atomic E-state index is 12.5. The number of carbonyl (C=O) groups is 1. The first-order chi connectivity index (χ1) is 12.0. The van der Waals surface area contributed by atoms with E-state index in [0.717, 1.165) is 51.4 Å². The molecule has 0 unspecified atom stereocenters. The van der Waals surface area contributed by atoms with Crippen LogP contribution in [0, 0.1) is 0 Å². The normalized spacial score (nSPS) is 12.4. The lowest BCUT2D eigenvalue weighted by Gasteiger charge is -2.27. The second-order valence-corrected chi connectivity index (χ2v) is 8.24. The van der Waals surface area contributed by atoms with E-state index in [1.807, 2.05) is 6.08 Å². The summed E-state index contributed by atoms with van der Waals surface area (Å²) >= 11 is 0. The molecule has 5 nitrogen and oxygen atoms in total. The maximum absolute atomic E-state index is 12.5. The molecule has 0 amide bonds. The molecule has 0 radical (unpaired) electrons. The van der Waals surface area contributed by atoms with E-state index in [1.54, 1.807) is 6.92 Å². The lowest BCUT2D eigenvalue weighted by Crippen LogP contribution is -2.51. The van der Waals surface area contributed by atoms with Crippen molar-refractivity contribution in [2.45, 2.75) is 86.0 Å². The van der Waals surface area contributed by atoms with Crippen LogP contribution in [-0.2, 0) is 22.5 Å². The van der Waals surface area contributed by atoms with Gasteiger partial charge >= 0.3 is 15.0 Å². The van der Waals surface area contributed by atoms with E-state index in [1.165, 1.54) is 0 Å². The molecule has 0 saturated heterocycles. The minimum atomic E-state index is -3.46. The van der Waals surface area contributed by atoms with Gasteiger partial charge in [-0.05, 0) is 32.6 Å². The Morgan fingerprint density at radius 1 is 0.800 bits per heavy atom. The molecule has 0 spiro atoms. The molecular weight excluding hydrogens is 336 g/mol. The van der Waals surface area contributed by atoms with Gasteiger partial charge < -0.3 is 17.7 Å². The van der Waals surface area contributed by atoms with Crippen LogP contribution in [0.25, 0.3) is 0 Å². The van der Waals surface area contributed by atoms with Gasteiger partial charge in [-0.15, -0.1) is 0 Å². The summed E-state index contributed by atoms with van der Waals surface area (Å²) in [4.78, 5) is 12.5. The van der Waals surface area contributed by atoms with E-state index in [4.69, 9.17) is 17.7 Å². The van der Waals surface area contributed by atoms with Crippen molar-refractivity contribution in [1.82, 2.24) is 0 Å². The average Bonchev–Trinajstić information content (AvgIpc) is 2.60. The van der Waals surface area contributed by atoms with Crippen molar-refractivity contribution >= 4 is 15.0 Å². The van der Waals surface area contributed by atoms with E-state index < -0.39 is 15.0 Å². The van der Waals surface area contributed by atoms with Gasteiger partial charge in [0.15, 0.2) is 0 Å². The molecule has 0 aliphatic heterocycles. The molecular formula is C19H38O5Si. The number of hydrogen-bond acceptors (Lipinski definition) is 5. The average molecular weight is 375 g/mol. The molecule has 0 aliphatic carbocycles. The number of rotatable bonds is 16. The van der Waals surface area contributed by atoms with Crippen LogP contribution >= 0.6 is 0 Å². The molecule has 25 heavy (non-hydrogen) atoms. The molecule has 0 rings (SSSR count). The van der Waals surface area contributed by atoms with Gasteiger partial charge in [0.1, 0.15) is 0 Å². The third-order valence-corrected chi connectivity index (χ3v) is 5.72. The van der Waals surface area contributed by atoms with Crippen LogP contribution in [-0.4, -0.2) is 34.8 Å². The van der Waals surface area contributed by atoms with Crippen molar-refractivity contribution in [3.8, 4) is 0 Å². The van der Waals surface area contributed by atoms with Gasteiger partial charge in [0.2, 0.25) is 0 Å². The highest BCUT2D eigenvalue weighted by molar-refractivity contribution is 6.55. The van der Waals surface area contributed by atoms with Gasteiger partial charge in [-0.2, -0.15) is 0 Å². The highest BCUT2D eigenvalue weighted by atomic mass is 28.4. The quantitative estimate of drug-likeness (QED) is 0.212. The van der Waals surface area contributed by atoms with Crippen molar-refractivity contribution in [3.05, 3.63) is 11.6 Å². The Morgan fingerprint density at radius 2 is 1.24 bits per heavy atom. The molecule has 0 atom stereocenters. The van der Waals surface area contributed by atoms with Crippen LogP contribution in [0.4, 0.5) is 0 Å². The lowest BCUT2D eigenvalue weighted by molar-refractivity contribution is -0.140. The summed E-state index contributed by atoms with van der Waals surface area (Å²) < 4.78 is 23.4. The minimum Gasteiger partial charge on any atom is -0.448 e. The first kappa shape index (κ1) is 24.3. The fourth-order valence-corrected chi connectivity index (χ4v) is 3.87. The highest BCUT2D eigenvalue weighted by Crippen LogP contribution is 2.17. The number of allylic oxidation sites excluding steroid dienone is 1. The molecule has 0 N–H and O–H groups in total. The summed E-state index contributed by atoms with van der Waals surface area (Å²) in [6.45, 7) is 11.5. The number of unbranched alkanes of at least 4 members (excludes halogenated alkanes) is 4. The largest absolute Gasteiger partial charge is 0.751 e. The molecule has 0 heterocycles. The maximum Gasteiger partial charge on any atom is 0.751 e. The Labute approximate surface area is 155 Å². The van der Waals surface area contributed by atoms with Crippen molar-refractivity contribution in [1.29, 1.82) is 0 Å². The second-order valence-electron chi connectivity index (χ2n) is 6.17. The highest BCUT2D eigenvalue weighted by Gasteiger charge is 2.50. The summed E-state index contributed by atoms with van der Waals surface area (Å²) in [5, 5.41) is 0. The van der Waals surface area contributed by atoms with Gasteiger partial charge in [-0.25, -0.2) is 4.79 Å². The zero-order valence-electron chi connectivity index (χ0n) is 16.9. The van der Waals surface area contributed by atoms with Gasteiger partial charge in [0.05, 0.1) is 0 Å². The van der Waals surface area contributed by atoms with Gasteiger partial charge in [0, 0.05) is 25.4 Å². The Hall–Kier alpha value is -0.693. The fraction of sp³-hybridized carbons (Fsp3) is 0.842. The number of carbonyl (C=O) groups excluding carboxylic acids is 1. The molecule has 6 heteroatoms. The first-order valence-corrected chi connectivity index (χ1v) is 11.5. The van der Waals surface area contributed by atoms with Gasteiger partial charge in [0.25, 0.3) is 0 Å². The van der Waals surface area contributed by atoms with E-state index >= 15 is 0 Å². The first-order valence-electron chi connectivity index (χ1n) is 9.87. The van der Waals surface area contributed by atoms with Crippen LogP contribution < -0.4 is 0 Å². The van der Waals surface area contributed by atoms with E-state index in [0.29, 0.717) is 25.4 Å². The van der Waals surface area contributed by atoms with Crippen molar-refractivity contribution in [2.75, 3.05) is 19.8 Å². The summed E-state index contributed by atoms with van der Waals surface area (Å²) in [6.07, 6.45) is 9.36. The standard InChI is InChI=1S/C19H38O5Si/c1-6-10-14-18(5)19(20)24-25(21-15-11-7-2,22-16-12-8-3)23-17-13-9-4/h14H,6-13,15-17H2,1-5H3.